The van der Waals surface area contributed by atoms with Gasteiger partial charge in [0.15, 0.2) is 5.79 Å². The molecule has 1 heterocycles. The highest BCUT2D eigenvalue weighted by Gasteiger charge is 2.53. The molecule has 2 rings (SSSR count). The molecular weight excluding hydrogens is 248 g/mol. The fourth-order valence-corrected chi connectivity index (χ4v) is 2.87. The van der Waals surface area contributed by atoms with Crippen molar-refractivity contribution in [1.29, 1.82) is 0 Å². The van der Waals surface area contributed by atoms with Gasteiger partial charge in [-0.05, 0) is 18.9 Å². The Morgan fingerprint density at radius 1 is 1.32 bits per heavy atom. The van der Waals surface area contributed by atoms with Gasteiger partial charge in [0.1, 0.15) is 0 Å². The molecule has 0 aromatic carbocycles. The van der Waals surface area contributed by atoms with E-state index in [0.29, 0.717) is 13.2 Å². The first-order valence-electron chi connectivity index (χ1n) is 6.54. The fourth-order valence-electron chi connectivity index (χ4n) is 2.87. The van der Waals surface area contributed by atoms with Crippen LogP contribution >= 0.6 is 0 Å². The summed E-state index contributed by atoms with van der Waals surface area (Å²) in [6.07, 6.45) is 1.86. The average Bonchev–Trinajstić information content (AvgIpc) is 2.74. The van der Waals surface area contributed by atoms with Gasteiger partial charge in [0.05, 0.1) is 19.8 Å². The van der Waals surface area contributed by atoms with E-state index in [9.17, 15) is 5.11 Å². The van der Waals surface area contributed by atoms with E-state index in [-0.39, 0.29) is 12.0 Å². The summed E-state index contributed by atoms with van der Waals surface area (Å²) in [7, 11) is 0. The molecule has 1 saturated heterocycles. The number of allylic oxidation sites excluding steroid dienone is 1. The van der Waals surface area contributed by atoms with Crippen molar-refractivity contribution in [2.45, 2.75) is 46.3 Å². The summed E-state index contributed by atoms with van der Waals surface area (Å²) >= 11 is 0. The lowest BCUT2D eigenvalue weighted by molar-refractivity contribution is -0.225. The summed E-state index contributed by atoms with van der Waals surface area (Å²) in [6.45, 7) is 8.82. The predicted octanol–water partition coefficient (Wildman–Crippen LogP) is 1.95. The molecule has 2 N–H and O–H groups in total. The van der Waals surface area contributed by atoms with Crippen molar-refractivity contribution in [1.82, 2.24) is 0 Å². The van der Waals surface area contributed by atoms with Gasteiger partial charge >= 0.3 is 0 Å². The number of aliphatic hydroxyl groups excluding tert-OH is 1. The molecule has 0 atom stereocenters. The van der Waals surface area contributed by atoms with Crippen LogP contribution in [0.2, 0.25) is 0 Å². The lowest BCUT2D eigenvalue weighted by atomic mass is 9.68. The first kappa shape index (κ1) is 16.1. The summed E-state index contributed by atoms with van der Waals surface area (Å²) < 4.78 is 11.6. The third kappa shape index (κ3) is 3.16. The minimum Gasteiger partial charge on any atom is -0.481 e. The minimum absolute atomic E-state index is 0.104. The number of aliphatic hydroxyl groups is 1. The maximum absolute atomic E-state index is 9.47. The van der Waals surface area contributed by atoms with Crippen molar-refractivity contribution >= 4 is 5.97 Å². The molecule has 5 heteroatoms. The number of ether oxygens (including phenoxy) is 2. The van der Waals surface area contributed by atoms with E-state index < -0.39 is 11.8 Å². The first-order valence-corrected chi connectivity index (χ1v) is 6.54. The standard InChI is InChI=1S/C12H20O3.C2H4O2/c1-9-4-5-12(14-6-7-15-12)11(2,3)10(9)8-13;1-2(3)4/h13H,4-8H2,1-3H3;1H3,(H,3,4). The van der Waals surface area contributed by atoms with Gasteiger partial charge in [-0.2, -0.15) is 0 Å². The molecule has 0 bridgehead atoms. The molecule has 0 aromatic heterocycles. The van der Waals surface area contributed by atoms with Gasteiger partial charge in [0, 0.05) is 18.8 Å². The van der Waals surface area contributed by atoms with Crippen LogP contribution in [-0.4, -0.2) is 41.8 Å². The number of carbonyl (C=O) groups is 1. The Hall–Kier alpha value is -0.910. The van der Waals surface area contributed by atoms with Gasteiger partial charge in [-0.3, -0.25) is 4.79 Å². The number of carboxylic acids is 1. The van der Waals surface area contributed by atoms with E-state index in [0.717, 1.165) is 25.3 Å². The number of hydrogen-bond donors (Lipinski definition) is 2. The van der Waals surface area contributed by atoms with E-state index in [1.54, 1.807) is 0 Å². The Morgan fingerprint density at radius 2 is 1.79 bits per heavy atom. The molecule has 2 aliphatic rings. The van der Waals surface area contributed by atoms with Gasteiger partial charge in [-0.15, -0.1) is 0 Å². The van der Waals surface area contributed by atoms with Crippen molar-refractivity contribution in [3.63, 3.8) is 0 Å². The SMILES string of the molecule is CC(=O)O.CC1=C(CO)C(C)(C)C2(CC1)OCCO2. The van der Waals surface area contributed by atoms with E-state index in [4.69, 9.17) is 19.4 Å². The zero-order valence-electron chi connectivity index (χ0n) is 12.2. The summed E-state index contributed by atoms with van der Waals surface area (Å²) in [6, 6.07) is 0. The van der Waals surface area contributed by atoms with Gasteiger partial charge in [-0.25, -0.2) is 0 Å². The number of aliphatic carboxylic acids is 1. The monoisotopic (exact) mass is 272 g/mol. The second-order valence-electron chi connectivity index (χ2n) is 5.51. The number of hydrogen-bond acceptors (Lipinski definition) is 4. The summed E-state index contributed by atoms with van der Waals surface area (Å²) in [5, 5.41) is 16.9. The molecule has 1 aliphatic heterocycles. The third-order valence-electron chi connectivity index (χ3n) is 3.96. The molecule has 5 nitrogen and oxygen atoms in total. The van der Waals surface area contributed by atoms with E-state index in [2.05, 4.69) is 20.8 Å². The minimum atomic E-state index is -0.833. The Kier molecular flexibility index (Phi) is 5.12. The fraction of sp³-hybridized carbons (Fsp3) is 0.786. The van der Waals surface area contributed by atoms with Gasteiger partial charge in [0.25, 0.3) is 5.97 Å². The van der Waals surface area contributed by atoms with Gasteiger partial charge < -0.3 is 19.7 Å². The molecule has 0 amide bonds. The van der Waals surface area contributed by atoms with Crippen LogP contribution in [-0.2, 0) is 14.3 Å². The summed E-state index contributed by atoms with van der Waals surface area (Å²) in [5.41, 5.74) is 2.14. The number of rotatable bonds is 1. The Labute approximate surface area is 114 Å². The molecule has 1 fully saturated rings. The first-order chi connectivity index (χ1) is 8.77. The van der Waals surface area contributed by atoms with Crippen molar-refractivity contribution in [2.75, 3.05) is 19.8 Å². The lowest BCUT2D eigenvalue weighted by Crippen LogP contribution is -2.50. The molecule has 1 aliphatic carbocycles. The van der Waals surface area contributed by atoms with Crippen LogP contribution < -0.4 is 0 Å². The van der Waals surface area contributed by atoms with Crippen molar-refractivity contribution in [2.24, 2.45) is 5.41 Å². The Bertz CT molecular complexity index is 360. The summed E-state index contributed by atoms with van der Waals surface area (Å²) in [4.78, 5) is 9.00. The second kappa shape index (κ2) is 6.03. The highest BCUT2D eigenvalue weighted by molar-refractivity contribution is 5.62. The van der Waals surface area contributed by atoms with Crippen LogP contribution in [0.1, 0.15) is 40.5 Å². The Balaban J connectivity index is 0.000000399. The molecule has 0 saturated carbocycles. The summed E-state index contributed by atoms with van der Waals surface area (Å²) in [5.74, 6) is -1.33. The molecule has 0 unspecified atom stereocenters. The molecule has 1 spiro atoms. The third-order valence-corrected chi connectivity index (χ3v) is 3.96. The predicted molar refractivity (Wildman–Crippen MR) is 70.7 cm³/mol. The highest BCUT2D eigenvalue weighted by atomic mass is 16.7. The number of carboxylic acid groups (broad SMARTS) is 1. The van der Waals surface area contributed by atoms with E-state index in [1.807, 2.05) is 0 Å². The van der Waals surface area contributed by atoms with Crippen LogP contribution in [0.3, 0.4) is 0 Å². The van der Waals surface area contributed by atoms with E-state index >= 15 is 0 Å². The molecule has 110 valence electrons. The molecule has 0 aromatic rings. The zero-order chi connectivity index (χ0) is 14.7. The molecular formula is C14H24O5. The van der Waals surface area contributed by atoms with Crippen molar-refractivity contribution < 1.29 is 24.5 Å². The van der Waals surface area contributed by atoms with Crippen LogP contribution in [0.15, 0.2) is 11.1 Å². The van der Waals surface area contributed by atoms with Gasteiger partial charge in [0.2, 0.25) is 0 Å². The topological polar surface area (TPSA) is 76.0 Å². The lowest BCUT2D eigenvalue weighted by Gasteiger charge is -2.47. The second-order valence-corrected chi connectivity index (χ2v) is 5.51. The van der Waals surface area contributed by atoms with Crippen LogP contribution in [0.25, 0.3) is 0 Å². The van der Waals surface area contributed by atoms with E-state index in [1.165, 1.54) is 5.57 Å². The smallest absolute Gasteiger partial charge is 0.300 e. The maximum Gasteiger partial charge on any atom is 0.300 e. The molecule has 19 heavy (non-hydrogen) atoms. The normalized spacial score (nSPS) is 24.1. The maximum atomic E-state index is 9.47. The van der Waals surface area contributed by atoms with Crippen LogP contribution in [0, 0.1) is 5.41 Å². The van der Waals surface area contributed by atoms with Gasteiger partial charge in [-0.1, -0.05) is 19.4 Å². The largest absolute Gasteiger partial charge is 0.481 e. The highest BCUT2D eigenvalue weighted by Crippen LogP contribution is 2.51. The Morgan fingerprint density at radius 3 is 2.21 bits per heavy atom. The molecule has 0 radical (unpaired) electrons. The quantitative estimate of drug-likeness (QED) is 0.713. The average molecular weight is 272 g/mol. The zero-order valence-corrected chi connectivity index (χ0v) is 12.2. The van der Waals surface area contributed by atoms with Crippen LogP contribution in [0.4, 0.5) is 0 Å². The van der Waals surface area contributed by atoms with Crippen LogP contribution in [0.5, 0.6) is 0 Å². The van der Waals surface area contributed by atoms with Crippen molar-refractivity contribution in [3.05, 3.63) is 11.1 Å². The van der Waals surface area contributed by atoms with Crippen molar-refractivity contribution in [3.8, 4) is 0 Å².